The fraction of sp³-hybridized carbons (Fsp3) is 0.393. The van der Waals surface area contributed by atoms with Gasteiger partial charge in [-0.15, -0.1) is 0 Å². The third-order valence-corrected chi connectivity index (χ3v) is 8.18. The van der Waals surface area contributed by atoms with Crippen LogP contribution < -0.4 is 20.0 Å². The zero-order valence-electron chi connectivity index (χ0n) is 23.0. The van der Waals surface area contributed by atoms with E-state index in [1.165, 1.54) is 16.5 Å². The van der Waals surface area contributed by atoms with Crippen molar-refractivity contribution in [3.8, 4) is 5.75 Å². The molecule has 0 saturated carbocycles. The first-order chi connectivity index (χ1) is 19.2. The van der Waals surface area contributed by atoms with E-state index in [0.29, 0.717) is 41.3 Å². The van der Waals surface area contributed by atoms with E-state index in [-0.39, 0.29) is 24.6 Å². The number of ether oxygens (including phenoxy) is 1. The molecule has 208 valence electrons. The van der Waals surface area contributed by atoms with Crippen molar-refractivity contribution in [2.45, 2.75) is 39.0 Å². The van der Waals surface area contributed by atoms with Gasteiger partial charge in [-0.3, -0.25) is 14.6 Å². The van der Waals surface area contributed by atoms with Crippen molar-refractivity contribution >= 4 is 52.6 Å². The van der Waals surface area contributed by atoms with E-state index in [2.05, 4.69) is 48.2 Å². The first-order valence-electron chi connectivity index (χ1n) is 13.3. The van der Waals surface area contributed by atoms with Gasteiger partial charge in [0.25, 0.3) is 5.91 Å². The molecule has 0 spiro atoms. The minimum atomic E-state index is -1.02. The number of fused-ring (bicyclic) bond motifs is 3. The number of rotatable bonds is 6. The Morgan fingerprint density at radius 3 is 2.83 bits per heavy atom. The van der Waals surface area contributed by atoms with E-state index < -0.39 is 6.23 Å². The van der Waals surface area contributed by atoms with Crippen LogP contribution in [-0.4, -0.2) is 74.5 Å². The highest BCUT2D eigenvalue weighted by atomic mass is 32.1. The number of hydrogen-bond acceptors (Lipinski definition) is 11. The molecule has 12 heteroatoms. The Hall–Kier alpha value is -3.71. The van der Waals surface area contributed by atoms with E-state index in [4.69, 9.17) is 26.9 Å². The lowest BCUT2D eigenvalue weighted by molar-refractivity contribution is -0.121. The van der Waals surface area contributed by atoms with Crippen molar-refractivity contribution in [1.29, 1.82) is 0 Å². The summed E-state index contributed by atoms with van der Waals surface area (Å²) in [6.45, 7) is 8.05. The van der Waals surface area contributed by atoms with Gasteiger partial charge in [-0.05, 0) is 75.0 Å². The van der Waals surface area contributed by atoms with E-state index in [9.17, 15) is 9.90 Å². The van der Waals surface area contributed by atoms with Crippen LogP contribution >= 0.6 is 12.2 Å². The molecule has 0 saturated heterocycles. The van der Waals surface area contributed by atoms with Gasteiger partial charge in [-0.2, -0.15) is 9.99 Å². The van der Waals surface area contributed by atoms with Gasteiger partial charge < -0.3 is 15.2 Å². The molecule has 6 rings (SSSR count). The van der Waals surface area contributed by atoms with Crippen molar-refractivity contribution in [2.24, 2.45) is 0 Å². The van der Waals surface area contributed by atoms with Gasteiger partial charge in [-0.25, -0.2) is 15.0 Å². The molecule has 0 fully saturated rings. The normalized spacial score (nSPS) is 20.0. The topological polar surface area (TPSA) is 110 Å². The molecule has 1 amide bonds. The SMILES string of the molecule is CCN1C(=O)COc2ccc(N3c4nc(Nc5ccc6c(c5)CCN(C)C6(C)C)ncc4C(O)N3CC=S)nc21. The van der Waals surface area contributed by atoms with E-state index >= 15 is 0 Å². The van der Waals surface area contributed by atoms with Gasteiger partial charge in [0.2, 0.25) is 5.95 Å². The second-order valence-electron chi connectivity index (χ2n) is 10.6. The summed E-state index contributed by atoms with van der Waals surface area (Å²) < 4.78 is 5.60. The number of aliphatic hydroxyl groups excluding tert-OH is 1. The zero-order valence-corrected chi connectivity index (χ0v) is 23.8. The third kappa shape index (κ3) is 4.27. The summed E-state index contributed by atoms with van der Waals surface area (Å²) in [6, 6.07) is 9.92. The number of nitrogens with zero attached hydrogens (tertiary/aromatic N) is 7. The fourth-order valence-corrected chi connectivity index (χ4v) is 5.73. The maximum Gasteiger partial charge on any atom is 0.266 e. The number of anilines is 5. The van der Waals surface area contributed by atoms with Gasteiger partial charge >= 0.3 is 0 Å². The lowest BCUT2D eigenvalue weighted by Gasteiger charge is -2.41. The number of hydrogen-bond donors (Lipinski definition) is 2. The molecule has 0 radical (unpaired) electrons. The molecule has 2 N–H and O–H groups in total. The van der Waals surface area contributed by atoms with E-state index in [0.717, 1.165) is 18.7 Å². The minimum absolute atomic E-state index is 0.0245. The smallest absolute Gasteiger partial charge is 0.266 e. The number of carbonyl (C=O) groups is 1. The standard InChI is InChI=1S/C28H32N8O3S/c1-5-34-23(37)16-39-21-8-9-22(31-25(21)34)36-24-19(26(38)35(36)12-13-40)15-29-27(32-24)30-18-6-7-20-17(14-18)10-11-33(4)28(20,2)3/h6-9,13-15,26,38H,5,10-12,16H2,1-4H3,(H,29,30,32). The summed E-state index contributed by atoms with van der Waals surface area (Å²) in [5.74, 6) is 2.12. The van der Waals surface area contributed by atoms with Gasteiger partial charge in [0.15, 0.2) is 36.0 Å². The second-order valence-corrected chi connectivity index (χ2v) is 10.9. The predicted octanol–water partition coefficient (Wildman–Crippen LogP) is 3.44. The molecule has 3 aliphatic rings. The Bertz CT molecular complexity index is 1500. The number of likely N-dealkylation sites (N-methyl/N-ethyl adjacent to an activating group) is 2. The summed E-state index contributed by atoms with van der Waals surface area (Å²) in [7, 11) is 2.16. The largest absolute Gasteiger partial charge is 0.480 e. The molecule has 1 atom stereocenters. The van der Waals surface area contributed by atoms with Crippen LogP contribution in [0.25, 0.3) is 0 Å². The first kappa shape index (κ1) is 26.5. The molecule has 1 unspecified atom stereocenters. The van der Waals surface area contributed by atoms with Crippen molar-refractivity contribution in [3.05, 3.63) is 53.2 Å². The summed E-state index contributed by atoms with van der Waals surface area (Å²) in [6.07, 6.45) is 1.56. The zero-order chi connectivity index (χ0) is 28.2. The Kier molecular flexibility index (Phi) is 6.65. The van der Waals surface area contributed by atoms with Crippen molar-refractivity contribution < 1.29 is 14.6 Å². The number of aliphatic hydroxyl groups is 1. The lowest BCUT2D eigenvalue weighted by atomic mass is 9.83. The van der Waals surface area contributed by atoms with Crippen LogP contribution in [0.1, 0.15) is 43.7 Å². The summed E-state index contributed by atoms with van der Waals surface area (Å²) in [4.78, 5) is 30.5. The van der Waals surface area contributed by atoms with Crippen LogP contribution in [0.5, 0.6) is 5.75 Å². The number of aromatic nitrogens is 3. The van der Waals surface area contributed by atoms with Gasteiger partial charge in [0.1, 0.15) is 0 Å². The second kappa shape index (κ2) is 10.0. The Morgan fingerprint density at radius 2 is 2.05 bits per heavy atom. The molecular weight excluding hydrogens is 528 g/mol. The Labute approximate surface area is 238 Å². The number of amides is 1. The molecule has 3 aliphatic heterocycles. The molecule has 1 aromatic carbocycles. The number of carbonyl (C=O) groups excluding carboxylic acids is 1. The lowest BCUT2D eigenvalue weighted by Crippen LogP contribution is -2.43. The van der Waals surface area contributed by atoms with Crippen molar-refractivity contribution in [3.63, 3.8) is 0 Å². The van der Waals surface area contributed by atoms with E-state index in [1.54, 1.807) is 33.2 Å². The Morgan fingerprint density at radius 1 is 1.23 bits per heavy atom. The highest BCUT2D eigenvalue weighted by molar-refractivity contribution is 7.79. The number of benzene rings is 1. The minimum Gasteiger partial charge on any atom is -0.480 e. The van der Waals surface area contributed by atoms with Gasteiger partial charge in [0.05, 0.1) is 12.1 Å². The number of hydrazine groups is 1. The van der Waals surface area contributed by atoms with E-state index in [1.807, 2.05) is 13.0 Å². The summed E-state index contributed by atoms with van der Waals surface area (Å²) in [5.41, 5.74) is 3.99. The third-order valence-electron chi connectivity index (χ3n) is 8.03. The molecule has 0 bridgehead atoms. The average Bonchev–Trinajstić information content (AvgIpc) is 3.21. The number of nitrogens with one attached hydrogen (secondary N) is 1. The number of pyridine rings is 1. The maximum atomic E-state index is 12.4. The molecule has 11 nitrogen and oxygen atoms in total. The molecule has 3 aromatic rings. The van der Waals surface area contributed by atoms with Crippen LogP contribution in [0, 0.1) is 0 Å². The quantitative estimate of drug-likeness (QED) is 0.433. The summed E-state index contributed by atoms with van der Waals surface area (Å²) in [5, 5.41) is 19.4. The van der Waals surface area contributed by atoms with Crippen molar-refractivity contribution in [1.82, 2.24) is 24.9 Å². The molecule has 5 heterocycles. The van der Waals surface area contributed by atoms with Crippen LogP contribution in [0.2, 0.25) is 0 Å². The highest BCUT2D eigenvalue weighted by Gasteiger charge is 2.40. The van der Waals surface area contributed by atoms with Crippen LogP contribution in [0.3, 0.4) is 0 Å². The highest BCUT2D eigenvalue weighted by Crippen LogP contribution is 2.43. The summed E-state index contributed by atoms with van der Waals surface area (Å²) >= 11 is 5.14. The predicted molar refractivity (Wildman–Crippen MR) is 156 cm³/mol. The number of thiocarbonyl (C=S) groups is 1. The van der Waals surface area contributed by atoms with Crippen LogP contribution in [0.4, 0.5) is 29.1 Å². The molecular formula is C28H32N8O3S. The Balaban J connectivity index is 1.36. The first-order valence-corrected chi connectivity index (χ1v) is 13.8. The molecule has 40 heavy (non-hydrogen) atoms. The molecule has 0 aliphatic carbocycles. The van der Waals surface area contributed by atoms with Crippen LogP contribution in [0.15, 0.2) is 36.5 Å². The van der Waals surface area contributed by atoms with Crippen molar-refractivity contribution in [2.75, 3.05) is 48.5 Å². The van der Waals surface area contributed by atoms with Gasteiger partial charge in [-0.1, -0.05) is 18.3 Å². The fourth-order valence-electron chi connectivity index (χ4n) is 5.57. The molecule has 2 aromatic heterocycles. The monoisotopic (exact) mass is 560 g/mol. The maximum absolute atomic E-state index is 12.4. The van der Waals surface area contributed by atoms with Crippen LogP contribution in [-0.2, 0) is 16.8 Å². The van der Waals surface area contributed by atoms with Gasteiger partial charge in [0, 0.05) is 30.5 Å². The average molecular weight is 561 g/mol.